The summed E-state index contributed by atoms with van der Waals surface area (Å²) in [7, 11) is 0. The van der Waals surface area contributed by atoms with E-state index < -0.39 is 11.6 Å². The van der Waals surface area contributed by atoms with Crippen LogP contribution in [0.2, 0.25) is 0 Å². The van der Waals surface area contributed by atoms with Gasteiger partial charge >= 0.3 is 0 Å². The third-order valence-electron chi connectivity index (χ3n) is 1.56. The number of hydrogen-bond acceptors (Lipinski definition) is 3. The number of benzene rings is 1. The molecule has 0 heterocycles. The van der Waals surface area contributed by atoms with Crippen molar-refractivity contribution in [2.45, 2.75) is 6.42 Å². The highest BCUT2D eigenvalue weighted by Crippen LogP contribution is 2.25. The van der Waals surface area contributed by atoms with Crippen molar-refractivity contribution in [2.75, 3.05) is 6.54 Å². The minimum atomic E-state index is -0.826. The van der Waals surface area contributed by atoms with Crippen LogP contribution >= 0.6 is 0 Å². The number of halogens is 1. The van der Waals surface area contributed by atoms with E-state index >= 15 is 0 Å². The van der Waals surface area contributed by atoms with Crippen molar-refractivity contribution in [3.63, 3.8) is 0 Å². The van der Waals surface area contributed by atoms with Crippen LogP contribution < -0.4 is 5.73 Å². The second-order valence-corrected chi connectivity index (χ2v) is 2.47. The molecule has 0 aromatic heterocycles. The Balaban J connectivity index is 3.05. The predicted octanol–water partition coefficient (Wildman–Crippen LogP) is 0.738. The smallest absolute Gasteiger partial charge is 0.168 e. The Morgan fingerprint density at radius 2 is 1.92 bits per heavy atom. The Labute approximate surface area is 69.3 Å². The molecule has 0 atom stereocenters. The maximum absolute atomic E-state index is 12.6. The number of aromatic hydroxyl groups is 2. The highest BCUT2D eigenvalue weighted by molar-refractivity contribution is 5.39. The van der Waals surface area contributed by atoms with E-state index in [2.05, 4.69) is 0 Å². The van der Waals surface area contributed by atoms with Gasteiger partial charge in [0.15, 0.2) is 11.6 Å². The van der Waals surface area contributed by atoms with Gasteiger partial charge < -0.3 is 15.9 Å². The maximum atomic E-state index is 12.6. The predicted molar refractivity (Wildman–Crippen MR) is 42.5 cm³/mol. The third-order valence-corrected chi connectivity index (χ3v) is 1.56. The van der Waals surface area contributed by atoms with E-state index in [4.69, 9.17) is 15.9 Å². The summed E-state index contributed by atoms with van der Waals surface area (Å²) in [4.78, 5) is 0. The molecule has 0 aliphatic rings. The van der Waals surface area contributed by atoms with E-state index in [0.29, 0.717) is 18.5 Å². The van der Waals surface area contributed by atoms with Crippen LogP contribution in [0.1, 0.15) is 5.56 Å². The van der Waals surface area contributed by atoms with Crippen molar-refractivity contribution in [2.24, 2.45) is 5.73 Å². The normalized spacial score (nSPS) is 10.2. The molecule has 1 aromatic carbocycles. The molecule has 1 rings (SSSR count). The first-order valence-corrected chi connectivity index (χ1v) is 3.55. The lowest BCUT2D eigenvalue weighted by Crippen LogP contribution is -2.02. The van der Waals surface area contributed by atoms with E-state index in [-0.39, 0.29) is 5.75 Å². The van der Waals surface area contributed by atoms with E-state index in [1.807, 2.05) is 0 Å². The van der Waals surface area contributed by atoms with Crippen LogP contribution in [0.4, 0.5) is 4.39 Å². The van der Waals surface area contributed by atoms with Gasteiger partial charge in [-0.3, -0.25) is 0 Å². The fourth-order valence-electron chi connectivity index (χ4n) is 0.950. The fraction of sp³-hybridized carbons (Fsp3) is 0.250. The van der Waals surface area contributed by atoms with E-state index in [0.717, 1.165) is 6.07 Å². The average molecular weight is 171 g/mol. The molecule has 12 heavy (non-hydrogen) atoms. The molecule has 0 saturated carbocycles. The van der Waals surface area contributed by atoms with Gasteiger partial charge in [-0.05, 0) is 24.6 Å². The lowest BCUT2D eigenvalue weighted by molar-refractivity contribution is 0.418. The summed E-state index contributed by atoms with van der Waals surface area (Å²) >= 11 is 0. The first kappa shape index (κ1) is 8.80. The molecular weight excluding hydrogens is 161 g/mol. The summed E-state index contributed by atoms with van der Waals surface area (Å²) in [6, 6.07) is 2.05. The lowest BCUT2D eigenvalue weighted by atomic mass is 10.1. The van der Waals surface area contributed by atoms with Crippen LogP contribution in [-0.4, -0.2) is 16.8 Å². The summed E-state index contributed by atoms with van der Waals surface area (Å²) in [5.41, 5.74) is 5.69. The van der Waals surface area contributed by atoms with Gasteiger partial charge in [0.2, 0.25) is 0 Å². The molecule has 0 radical (unpaired) electrons. The Hall–Kier alpha value is -1.29. The summed E-state index contributed by atoms with van der Waals surface area (Å²) in [6.07, 6.45) is 0.416. The molecule has 0 spiro atoms. The van der Waals surface area contributed by atoms with Crippen molar-refractivity contribution in [3.05, 3.63) is 23.5 Å². The number of phenols is 2. The number of rotatable bonds is 2. The first-order chi connectivity index (χ1) is 5.65. The average Bonchev–Trinajstić information content (AvgIpc) is 2.01. The zero-order valence-corrected chi connectivity index (χ0v) is 6.42. The molecule has 0 saturated heterocycles. The second kappa shape index (κ2) is 3.40. The zero-order chi connectivity index (χ0) is 9.14. The van der Waals surface area contributed by atoms with Gasteiger partial charge in [0, 0.05) is 6.07 Å². The van der Waals surface area contributed by atoms with Crippen LogP contribution in [0, 0.1) is 5.82 Å². The monoisotopic (exact) mass is 171 g/mol. The van der Waals surface area contributed by atoms with Crippen LogP contribution in [0.5, 0.6) is 11.5 Å². The van der Waals surface area contributed by atoms with Gasteiger partial charge in [-0.25, -0.2) is 4.39 Å². The SMILES string of the molecule is NCCc1cc(O)c(F)cc1O. The van der Waals surface area contributed by atoms with Crippen molar-refractivity contribution in [3.8, 4) is 11.5 Å². The maximum Gasteiger partial charge on any atom is 0.168 e. The molecule has 0 fully saturated rings. The summed E-state index contributed by atoms with van der Waals surface area (Å²) in [5, 5.41) is 18.1. The Bertz CT molecular complexity index is 289. The van der Waals surface area contributed by atoms with E-state index in [9.17, 15) is 4.39 Å². The van der Waals surface area contributed by atoms with Gasteiger partial charge in [0.25, 0.3) is 0 Å². The van der Waals surface area contributed by atoms with Gasteiger partial charge in [-0.15, -0.1) is 0 Å². The molecule has 4 N–H and O–H groups in total. The van der Waals surface area contributed by atoms with E-state index in [1.54, 1.807) is 0 Å². The van der Waals surface area contributed by atoms with Crippen LogP contribution in [0.25, 0.3) is 0 Å². The van der Waals surface area contributed by atoms with Gasteiger partial charge in [-0.2, -0.15) is 0 Å². The van der Waals surface area contributed by atoms with Crippen molar-refractivity contribution < 1.29 is 14.6 Å². The van der Waals surface area contributed by atoms with Crippen LogP contribution in [0.15, 0.2) is 12.1 Å². The Morgan fingerprint density at radius 1 is 1.25 bits per heavy atom. The molecule has 0 aliphatic heterocycles. The minimum absolute atomic E-state index is 0.171. The second-order valence-electron chi connectivity index (χ2n) is 2.47. The van der Waals surface area contributed by atoms with Crippen LogP contribution in [-0.2, 0) is 6.42 Å². The highest BCUT2D eigenvalue weighted by Gasteiger charge is 2.06. The van der Waals surface area contributed by atoms with E-state index in [1.165, 1.54) is 6.07 Å². The summed E-state index contributed by atoms with van der Waals surface area (Å²) in [5.74, 6) is -1.46. The van der Waals surface area contributed by atoms with Crippen molar-refractivity contribution >= 4 is 0 Å². The number of nitrogens with two attached hydrogens (primary N) is 1. The molecule has 4 heteroatoms. The topological polar surface area (TPSA) is 66.5 Å². The van der Waals surface area contributed by atoms with Gasteiger partial charge in [0.1, 0.15) is 5.75 Å². The molecule has 0 amide bonds. The van der Waals surface area contributed by atoms with Gasteiger partial charge in [0.05, 0.1) is 0 Å². The summed E-state index contributed by atoms with van der Waals surface area (Å²) < 4.78 is 12.6. The number of phenolic OH excluding ortho intramolecular Hbond substituents is 2. The number of hydrogen-bond donors (Lipinski definition) is 3. The molecule has 1 aromatic rings. The van der Waals surface area contributed by atoms with Crippen molar-refractivity contribution in [1.82, 2.24) is 0 Å². The zero-order valence-electron chi connectivity index (χ0n) is 6.42. The first-order valence-electron chi connectivity index (χ1n) is 3.55. The van der Waals surface area contributed by atoms with Crippen LogP contribution in [0.3, 0.4) is 0 Å². The molecular formula is C8H10FNO2. The summed E-state index contributed by atoms with van der Waals surface area (Å²) in [6.45, 7) is 0.346. The molecule has 3 nitrogen and oxygen atoms in total. The quantitative estimate of drug-likeness (QED) is 0.575. The molecule has 0 unspecified atom stereocenters. The third kappa shape index (κ3) is 1.65. The minimum Gasteiger partial charge on any atom is -0.508 e. The highest BCUT2D eigenvalue weighted by atomic mass is 19.1. The Morgan fingerprint density at radius 3 is 2.50 bits per heavy atom. The van der Waals surface area contributed by atoms with Gasteiger partial charge in [-0.1, -0.05) is 0 Å². The Kier molecular flexibility index (Phi) is 2.50. The fourth-order valence-corrected chi connectivity index (χ4v) is 0.950. The lowest BCUT2D eigenvalue weighted by Gasteiger charge is -2.03. The molecule has 0 bridgehead atoms. The molecule has 0 aliphatic carbocycles. The van der Waals surface area contributed by atoms with Crippen molar-refractivity contribution in [1.29, 1.82) is 0 Å². The molecule has 66 valence electrons. The standard InChI is InChI=1S/C8H10FNO2/c9-6-4-7(11)5(1-2-10)3-8(6)12/h3-4,11-12H,1-2,10H2. The largest absolute Gasteiger partial charge is 0.508 e.